The second-order valence-corrected chi connectivity index (χ2v) is 3.96. The molecule has 0 spiro atoms. The summed E-state index contributed by atoms with van der Waals surface area (Å²) in [6.07, 6.45) is 2.79. The summed E-state index contributed by atoms with van der Waals surface area (Å²) in [4.78, 5) is 11.9. The molecule has 0 saturated carbocycles. The number of benzene rings is 2. The van der Waals surface area contributed by atoms with E-state index >= 15 is 0 Å². The van der Waals surface area contributed by atoms with E-state index in [2.05, 4.69) is 0 Å². The van der Waals surface area contributed by atoms with Crippen LogP contribution in [0, 0.1) is 0 Å². The first-order valence-electron chi connectivity index (χ1n) is 5.60. The Morgan fingerprint density at radius 1 is 0.895 bits per heavy atom. The lowest BCUT2D eigenvalue weighted by atomic mass is 10.1. The van der Waals surface area contributed by atoms with Gasteiger partial charge in [0.05, 0.1) is 0 Å². The summed E-state index contributed by atoms with van der Waals surface area (Å²) in [6, 6.07) is 10.4. The number of carbonyl (C=O) groups excluding carboxylic acids is 1. The van der Waals surface area contributed by atoms with Crippen molar-refractivity contribution in [2.75, 3.05) is 0 Å². The van der Waals surface area contributed by atoms with Gasteiger partial charge in [-0.25, -0.2) is 0 Å². The zero-order chi connectivity index (χ0) is 13.8. The minimum atomic E-state index is -0.497. The van der Waals surface area contributed by atoms with E-state index < -0.39 is 5.78 Å². The van der Waals surface area contributed by atoms with E-state index in [1.807, 2.05) is 0 Å². The average Bonchev–Trinajstić information content (AvgIpc) is 2.38. The SMILES string of the molecule is O=C(/C=C/c1ccc(O)cc1)c1c(O)cccc1O. The van der Waals surface area contributed by atoms with Crippen molar-refractivity contribution in [3.8, 4) is 17.2 Å². The third kappa shape index (κ3) is 2.93. The molecule has 4 heteroatoms. The highest BCUT2D eigenvalue weighted by Crippen LogP contribution is 2.27. The summed E-state index contributed by atoms with van der Waals surface area (Å²) in [6.45, 7) is 0. The van der Waals surface area contributed by atoms with Crippen LogP contribution in [0.5, 0.6) is 17.2 Å². The highest BCUT2D eigenvalue weighted by Gasteiger charge is 2.12. The minimum Gasteiger partial charge on any atom is -0.508 e. The molecule has 0 amide bonds. The third-order valence-corrected chi connectivity index (χ3v) is 2.59. The summed E-state index contributed by atoms with van der Waals surface area (Å²) in [5.74, 6) is -0.883. The molecule has 0 aliphatic rings. The summed E-state index contributed by atoms with van der Waals surface area (Å²) >= 11 is 0. The van der Waals surface area contributed by atoms with E-state index in [9.17, 15) is 15.0 Å². The number of hydrogen-bond donors (Lipinski definition) is 3. The van der Waals surface area contributed by atoms with Crippen molar-refractivity contribution >= 4 is 11.9 Å². The van der Waals surface area contributed by atoms with Gasteiger partial charge in [-0.2, -0.15) is 0 Å². The third-order valence-electron chi connectivity index (χ3n) is 2.59. The quantitative estimate of drug-likeness (QED) is 0.583. The normalized spacial score (nSPS) is 10.7. The summed E-state index contributed by atoms with van der Waals surface area (Å²) in [5, 5.41) is 28.2. The van der Waals surface area contributed by atoms with Crippen LogP contribution >= 0.6 is 0 Å². The Morgan fingerprint density at radius 3 is 2.05 bits per heavy atom. The molecule has 0 aromatic heterocycles. The van der Waals surface area contributed by atoms with Gasteiger partial charge in [0.1, 0.15) is 22.8 Å². The topological polar surface area (TPSA) is 77.8 Å². The number of phenols is 3. The molecule has 0 aliphatic carbocycles. The predicted octanol–water partition coefficient (Wildman–Crippen LogP) is 2.70. The Balaban J connectivity index is 2.24. The zero-order valence-electron chi connectivity index (χ0n) is 9.95. The first-order chi connectivity index (χ1) is 9.08. The largest absolute Gasteiger partial charge is 0.508 e. The molecular formula is C15H12O4. The number of ketones is 1. The van der Waals surface area contributed by atoms with Crippen molar-refractivity contribution in [3.05, 3.63) is 59.7 Å². The number of carbonyl (C=O) groups is 1. The van der Waals surface area contributed by atoms with Gasteiger partial charge in [-0.3, -0.25) is 4.79 Å². The van der Waals surface area contributed by atoms with E-state index in [1.165, 1.54) is 42.5 Å². The van der Waals surface area contributed by atoms with Gasteiger partial charge in [-0.15, -0.1) is 0 Å². The van der Waals surface area contributed by atoms with Gasteiger partial charge in [0, 0.05) is 0 Å². The van der Waals surface area contributed by atoms with E-state index in [0.29, 0.717) is 0 Å². The van der Waals surface area contributed by atoms with Gasteiger partial charge in [0.2, 0.25) is 0 Å². The highest BCUT2D eigenvalue weighted by molar-refractivity contribution is 6.10. The van der Waals surface area contributed by atoms with Gasteiger partial charge in [-0.05, 0) is 35.9 Å². The Morgan fingerprint density at radius 2 is 1.47 bits per heavy atom. The summed E-state index contributed by atoms with van der Waals surface area (Å²) in [5.41, 5.74) is 0.596. The second-order valence-electron chi connectivity index (χ2n) is 3.96. The molecule has 0 fully saturated rings. The molecule has 4 nitrogen and oxygen atoms in total. The Bertz CT molecular complexity index is 607. The molecule has 0 atom stereocenters. The maximum Gasteiger partial charge on any atom is 0.193 e. The Labute approximate surface area is 109 Å². The molecule has 0 radical (unpaired) electrons. The van der Waals surface area contributed by atoms with Crippen LogP contribution in [0.15, 0.2) is 48.5 Å². The van der Waals surface area contributed by atoms with Crippen LogP contribution < -0.4 is 0 Å². The highest BCUT2D eigenvalue weighted by atomic mass is 16.3. The number of rotatable bonds is 3. The zero-order valence-corrected chi connectivity index (χ0v) is 9.95. The molecule has 0 aliphatic heterocycles. The average molecular weight is 256 g/mol. The monoisotopic (exact) mass is 256 g/mol. The minimum absolute atomic E-state index is 0.127. The fourth-order valence-corrected chi connectivity index (χ4v) is 1.62. The van der Waals surface area contributed by atoms with Gasteiger partial charge < -0.3 is 15.3 Å². The molecule has 0 bridgehead atoms. The molecule has 0 unspecified atom stereocenters. The lowest BCUT2D eigenvalue weighted by molar-refractivity contribution is 0.104. The molecule has 96 valence electrons. The van der Waals surface area contributed by atoms with Gasteiger partial charge in [0.25, 0.3) is 0 Å². The van der Waals surface area contributed by atoms with Crippen molar-refractivity contribution in [2.24, 2.45) is 0 Å². The molecule has 2 rings (SSSR count). The lowest BCUT2D eigenvalue weighted by Crippen LogP contribution is -1.95. The maximum absolute atomic E-state index is 11.9. The number of hydrogen-bond acceptors (Lipinski definition) is 4. The Hall–Kier alpha value is -2.75. The van der Waals surface area contributed by atoms with Crippen LogP contribution in [0.1, 0.15) is 15.9 Å². The first-order valence-corrected chi connectivity index (χ1v) is 5.60. The molecule has 2 aromatic rings. The van der Waals surface area contributed by atoms with Crippen molar-refractivity contribution < 1.29 is 20.1 Å². The number of phenolic OH excluding ortho intramolecular Hbond substituents is 3. The number of aromatic hydroxyl groups is 3. The van der Waals surface area contributed by atoms with E-state index in [4.69, 9.17) is 5.11 Å². The molecular weight excluding hydrogens is 244 g/mol. The van der Waals surface area contributed by atoms with E-state index in [-0.39, 0.29) is 22.8 Å². The lowest BCUT2D eigenvalue weighted by Gasteiger charge is -2.02. The van der Waals surface area contributed by atoms with E-state index in [0.717, 1.165) is 5.56 Å². The van der Waals surface area contributed by atoms with Crippen LogP contribution in [0.3, 0.4) is 0 Å². The molecule has 3 N–H and O–H groups in total. The van der Waals surface area contributed by atoms with E-state index in [1.54, 1.807) is 12.1 Å². The fraction of sp³-hybridized carbons (Fsp3) is 0. The van der Waals surface area contributed by atoms with Crippen LogP contribution in [0.2, 0.25) is 0 Å². The van der Waals surface area contributed by atoms with Gasteiger partial charge >= 0.3 is 0 Å². The van der Waals surface area contributed by atoms with Crippen molar-refractivity contribution in [1.82, 2.24) is 0 Å². The smallest absolute Gasteiger partial charge is 0.193 e. The number of allylic oxidation sites excluding steroid dienone is 1. The van der Waals surface area contributed by atoms with Crippen LogP contribution in [-0.4, -0.2) is 21.1 Å². The first kappa shape index (κ1) is 12.7. The molecule has 0 saturated heterocycles. The van der Waals surface area contributed by atoms with Crippen LogP contribution in [0.25, 0.3) is 6.08 Å². The van der Waals surface area contributed by atoms with Gasteiger partial charge in [0.15, 0.2) is 5.78 Å². The van der Waals surface area contributed by atoms with Gasteiger partial charge in [-0.1, -0.05) is 24.3 Å². The van der Waals surface area contributed by atoms with Crippen molar-refractivity contribution in [2.45, 2.75) is 0 Å². The standard InChI is InChI=1S/C15H12O4/c16-11-7-4-10(5-8-11)6-9-14(19)15-12(17)2-1-3-13(15)18/h1-9,16-18H/b9-6+. The van der Waals surface area contributed by atoms with Crippen LogP contribution in [-0.2, 0) is 0 Å². The maximum atomic E-state index is 11.9. The molecule has 2 aromatic carbocycles. The van der Waals surface area contributed by atoms with Crippen molar-refractivity contribution in [3.63, 3.8) is 0 Å². The molecule has 0 heterocycles. The molecule has 19 heavy (non-hydrogen) atoms. The second kappa shape index (κ2) is 5.27. The predicted molar refractivity (Wildman–Crippen MR) is 71.2 cm³/mol. The van der Waals surface area contributed by atoms with Crippen LogP contribution in [0.4, 0.5) is 0 Å². The fourth-order valence-electron chi connectivity index (χ4n) is 1.62. The summed E-state index contributed by atoms with van der Waals surface area (Å²) in [7, 11) is 0. The van der Waals surface area contributed by atoms with Crippen molar-refractivity contribution in [1.29, 1.82) is 0 Å². The Kier molecular flexibility index (Phi) is 3.52. The summed E-state index contributed by atoms with van der Waals surface area (Å²) < 4.78 is 0.